The zero-order valence-corrected chi connectivity index (χ0v) is 12.1. The molecule has 2 aromatic rings. The molecule has 22 heavy (non-hydrogen) atoms. The van der Waals surface area contributed by atoms with Crippen LogP contribution in [0.15, 0.2) is 24.3 Å². The molecule has 1 aromatic carbocycles. The van der Waals surface area contributed by atoms with Crippen LogP contribution in [0.5, 0.6) is 5.75 Å². The second kappa shape index (κ2) is 7.46. The summed E-state index contributed by atoms with van der Waals surface area (Å²) >= 11 is 1.07. The summed E-state index contributed by atoms with van der Waals surface area (Å²) in [5.74, 6) is -1.88. The molecule has 116 valence electrons. The Morgan fingerprint density at radius 1 is 1.27 bits per heavy atom. The maximum absolute atomic E-state index is 13.4. The standard InChI is InChI=1S/C13H12FN3O4S/c14-8-3-1-2-4-9(8)21-7-11-16-17-13(22-11)15-10(18)5-6-12(19)20/h1-4H,5-7H2,(H,19,20)(H,15,17,18). The van der Waals surface area contributed by atoms with E-state index >= 15 is 0 Å². The van der Waals surface area contributed by atoms with Crippen LogP contribution in [-0.2, 0) is 16.2 Å². The number of carbonyl (C=O) groups is 2. The largest absolute Gasteiger partial charge is 0.483 e. The summed E-state index contributed by atoms with van der Waals surface area (Å²) in [5, 5.41) is 19.1. The molecule has 9 heteroatoms. The van der Waals surface area contributed by atoms with Crippen molar-refractivity contribution in [1.82, 2.24) is 10.2 Å². The number of benzene rings is 1. The van der Waals surface area contributed by atoms with Crippen molar-refractivity contribution in [3.8, 4) is 5.75 Å². The van der Waals surface area contributed by atoms with E-state index in [-0.39, 0.29) is 30.3 Å². The molecule has 0 aliphatic heterocycles. The Hall–Kier alpha value is -2.55. The molecule has 0 bridgehead atoms. The molecule has 2 N–H and O–H groups in total. The third-order valence-corrected chi connectivity index (χ3v) is 3.28. The van der Waals surface area contributed by atoms with Gasteiger partial charge in [0, 0.05) is 6.42 Å². The van der Waals surface area contributed by atoms with Crippen molar-refractivity contribution in [2.24, 2.45) is 0 Å². The smallest absolute Gasteiger partial charge is 0.303 e. The number of amides is 1. The quantitative estimate of drug-likeness (QED) is 0.808. The number of nitrogens with zero attached hydrogens (tertiary/aromatic N) is 2. The molecule has 0 aliphatic carbocycles. The average Bonchev–Trinajstić information content (AvgIpc) is 2.92. The van der Waals surface area contributed by atoms with Gasteiger partial charge in [-0.2, -0.15) is 0 Å². The van der Waals surface area contributed by atoms with Crippen LogP contribution in [0.4, 0.5) is 9.52 Å². The first kappa shape index (κ1) is 15.8. The van der Waals surface area contributed by atoms with Gasteiger partial charge in [-0.3, -0.25) is 9.59 Å². The van der Waals surface area contributed by atoms with E-state index in [1.54, 1.807) is 12.1 Å². The number of hydrogen-bond donors (Lipinski definition) is 2. The third-order valence-electron chi connectivity index (χ3n) is 2.47. The van der Waals surface area contributed by atoms with Gasteiger partial charge in [0.15, 0.2) is 16.6 Å². The fourth-order valence-corrected chi connectivity index (χ4v) is 2.14. The van der Waals surface area contributed by atoms with Crippen molar-refractivity contribution in [1.29, 1.82) is 0 Å². The van der Waals surface area contributed by atoms with E-state index in [0.29, 0.717) is 5.01 Å². The Morgan fingerprint density at radius 3 is 2.77 bits per heavy atom. The molecule has 0 aliphatic rings. The first-order valence-electron chi connectivity index (χ1n) is 6.26. The lowest BCUT2D eigenvalue weighted by Gasteiger charge is -2.03. The van der Waals surface area contributed by atoms with Crippen LogP contribution >= 0.6 is 11.3 Å². The number of rotatable bonds is 7. The van der Waals surface area contributed by atoms with Crippen molar-refractivity contribution in [3.63, 3.8) is 0 Å². The number of aromatic nitrogens is 2. The van der Waals surface area contributed by atoms with Gasteiger partial charge in [0.2, 0.25) is 11.0 Å². The minimum Gasteiger partial charge on any atom is -0.483 e. The Labute approximate surface area is 128 Å². The van der Waals surface area contributed by atoms with E-state index in [4.69, 9.17) is 9.84 Å². The normalized spacial score (nSPS) is 10.2. The zero-order valence-electron chi connectivity index (χ0n) is 11.3. The number of aliphatic carboxylic acids is 1. The summed E-state index contributed by atoms with van der Waals surface area (Å²) in [6, 6.07) is 5.97. The highest BCUT2D eigenvalue weighted by molar-refractivity contribution is 7.15. The predicted molar refractivity (Wildman–Crippen MR) is 76.1 cm³/mol. The SMILES string of the molecule is O=C(O)CCC(=O)Nc1nnc(COc2ccccc2F)s1. The van der Waals surface area contributed by atoms with Gasteiger partial charge in [0.25, 0.3) is 0 Å². The minimum atomic E-state index is -1.05. The van der Waals surface area contributed by atoms with Crippen LogP contribution in [-0.4, -0.2) is 27.2 Å². The number of ether oxygens (including phenoxy) is 1. The van der Waals surface area contributed by atoms with Crippen LogP contribution < -0.4 is 10.1 Å². The van der Waals surface area contributed by atoms with E-state index in [0.717, 1.165) is 11.3 Å². The topological polar surface area (TPSA) is 101 Å². The van der Waals surface area contributed by atoms with Crippen molar-refractivity contribution in [2.45, 2.75) is 19.4 Å². The number of anilines is 1. The molecule has 0 saturated carbocycles. The highest BCUT2D eigenvalue weighted by Gasteiger charge is 2.11. The van der Waals surface area contributed by atoms with E-state index in [9.17, 15) is 14.0 Å². The zero-order chi connectivity index (χ0) is 15.9. The van der Waals surface area contributed by atoms with Gasteiger partial charge >= 0.3 is 5.97 Å². The average molecular weight is 325 g/mol. The number of halogens is 1. The van der Waals surface area contributed by atoms with Crippen LogP contribution in [0.2, 0.25) is 0 Å². The molecule has 1 aromatic heterocycles. The number of carboxylic acid groups (broad SMARTS) is 1. The van der Waals surface area contributed by atoms with Crippen molar-refractivity contribution in [2.75, 3.05) is 5.32 Å². The van der Waals surface area contributed by atoms with Gasteiger partial charge in [-0.05, 0) is 12.1 Å². The summed E-state index contributed by atoms with van der Waals surface area (Å²) in [6.45, 7) is 0.0175. The molecule has 1 amide bonds. The lowest BCUT2D eigenvalue weighted by atomic mass is 10.3. The van der Waals surface area contributed by atoms with Gasteiger partial charge in [0.05, 0.1) is 6.42 Å². The fraction of sp³-hybridized carbons (Fsp3) is 0.231. The number of carboxylic acids is 1. The molecule has 7 nitrogen and oxygen atoms in total. The number of carbonyl (C=O) groups excluding carboxylic acids is 1. The van der Waals surface area contributed by atoms with Crippen molar-refractivity contribution >= 4 is 28.3 Å². The van der Waals surface area contributed by atoms with Crippen molar-refractivity contribution < 1.29 is 23.8 Å². The summed E-state index contributed by atoms with van der Waals surface area (Å²) in [5.41, 5.74) is 0. The van der Waals surface area contributed by atoms with Gasteiger partial charge < -0.3 is 15.2 Å². The maximum atomic E-state index is 13.4. The lowest BCUT2D eigenvalue weighted by Crippen LogP contribution is -2.12. The van der Waals surface area contributed by atoms with Crippen LogP contribution in [0.3, 0.4) is 0 Å². The number of hydrogen-bond acceptors (Lipinski definition) is 6. The Morgan fingerprint density at radius 2 is 2.05 bits per heavy atom. The van der Waals surface area contributed by atoms with E-state index in [1.807, 2.05) is 0 Å². The molecule has 0 fully saturated rings. The highest BCUT2D eigenvalue weighted by atomic mass is 32.1. The van der Waals surface area contributed by atoms with E-state index in [1.165, 1.54) is 12.1 Å². The maximum Gasteiger partial charge on any atom is 0.303 e. The summed E-state index contributed by atoms with van der Waals surface area (Å²) < 4.78 is 18.6. The molecular formula is C13H12FN3O4S. The minimum absolute atomic E-state index is 0.0175. The third kappa shape index (κ3) is 4.77. The lowest BCUT2D eigenvalue weighted by molar-refractivity contribution is -0.138. The van der Waals surface area contributed by atoms with E-state index in [2.05, 4.69) is 15.5 Å². The molecule has 1 heterocycles. The summed E-state index contributed by atoms with van der Waals surface area (Å²) in [4.78, 5) is 21.8. The van der Waals surface area contributed by atoms with E-state index < -0.39 is 17.7 Å². The van der Waals surface area contributed by atoms with Crippen LogP contribution in [0.1, 0.15) is 17.8 Å². The first-order chi connectivity index (χ1) is 10.5. The molecule has 2 rings (SSSR count). The summed E-state index contributed by atoms with van der Waals surface area (Å²) in [7, 11) is 0. The Kier molecular flexibility index (Phi) is 5.37. The van der Waals surface area contributed by atoms with Gasteiger partial charge in [-0.25, -0.2) is 4.39 Å². The number of para-hydroxylation sites is 1. The predicted octanol–water partition coefficient (Wildman–Crippen LogP) is 2.06. The highest BCUT2D eigenvalue weighted by Crippen LogP contribution is 2.20. The molecule has 0 unspecified atom stereocenters. The summed E-state index contributed by atoms with van der Waals surface area (Å²) in [6.07, 6.45) is -0.399. The van der Waals surface area contributed by atoms with Gasteiger partial charge in [-0.1, -0.05) is 23.5 Å². The molecule has 0 saturated heterocycles. The second-order valence-electron chi connectivity index (χ2n) is 4.16. The molecular weight excluding hydrogens is 313 g/mol. The molecule has 0 atom stereocenters. The molecule has 0 spiro atoms. The fourth-order valence-electron chi connectivity index (χ4n) is 1.47. The second-order valence-corrected chi connectivity index (χ2v) is 5.22. The van der Waals surface area contributed by atoms with Crippen molar-refractivity contribution in [3.05, 3.63) is 35.1 Å². The molecule has 0 radical (unpaired) electrons. The number of nitrogens with one attached hydrogen (secondary N) is 1. The monoisotopic (exact) mass is 325 g/mol. The van der Waals surface area contributed by atoms with Crippen LogP contribution in [0, 0.1) is 5.82 Å². The first-order valence-corrected chi connectivity index (χ1v) is 7.07. The van der Waals surface area contributed by atoms with Gasteiger partial charge in [0.1, 0.15) is 6.61 Å². The van der Waals surface area contributed by atoms with Crippen LogP contribution in [0.25, 0.3) is 0 Å². The Bertz CT molecular complexity index is 677. The van der Waals surface area contributed by atoms with Gasteiger partial charge in [-0.15, -0.1) is 10.2 Å². The Balaban J connectivity index is 1.85.